The first kappa shape index (κ1) is 11.4. The minimum atomic E-state index is 0.420. The molecule has 0 aliphatic heterocycles. The van der Waals surface area contributed by atoms with Gasteiger partial charge in [-0.1, -0.05) is 38.1 Å². The smallest absolute Gasteiger partial charge is 0.0888 e. The van der Waals surface area contributed by atoms with E-state index in [1.54, 1.807) is 0 Å². The molecule has 0 atom stereocenters. The van der Waals surface area contributed by atoms with E-state index < -0.39 is 0 Å². The Morgan fingerprint density at radius 3 is 2.39 bits per heavy atom. The third-order valence-electron chi connectivity index (χ3n) is 3.50. The number of benzene rings is 1. The number of hydrogen-bond donors (Lipinski definition) is 0. The van der Waals surface area contributed by atoms with Gasteiger partial charge in [-0.2, -0.15) is 0 Å². The van der Waals surface area contributed by atoms with E-state index in [4.69, 9.17) is 0 Å². The first-order chi connectivity index (χ1) is 8.74. The summed E-state index contributed by atoms with van der Waals surface area (Å²) in [5.41, 5.74) is 4.66. The lowest BCUT2D eigenvalue weighted by Crippen LogP contribution is -1.96. The van der Waals surface area contributed by atoms with E-state index in [1.807, 2.05) is 12.4 Å². The van der Waals surface area contributed by atoms with E-state index in [-0.39, 0.29) is 0 Å². The number of nitrogens with zero attached hydrogens (tertiary/aromatic N) is 2. The number of hydrogen-bond acceptors (Lipinski definition) is 2. The van der Waals surface area contributed by atoms with Gasteiger partial charge in [0.1, 0.15) is 0 Å². The molecule has 3 rings (SSSR count). The van der Waals surface area contributed by atoms with E-state index in [0.717, 1.165) is 22.9 Å². The zero-order chi connectivity index (χ0) is 12.5. The van der Waals surface area contributed by atoms with Crippen molar-refractivity contribution in [3.05, 3.63) is 47.9 Å². The lowest BCUT2D eigenvalue weighted by Gasteiger charge is -2.07. The molecule has 0 amide bonds. The molecule has 92 valence electrons. The van der Waals surface area contributed by atoms with E-state index in [0.29, 0.717) is 5.92 Å². The Morgan fingerprint density at radius 1 is 1.06 bits per heavy atom. The summed E-state index contributed by atoms with van der Waals surface area (Å²) < 4.78 is 0. The Kier molecular flexibility index (Phi) is 2.86. The van der Waals surface area contributed by atoms with Crippen molar-refractivity contribution in [1.29, 1.82) is 0 Å². The average molecular weight is 238 g/mol. The van der Waals surface area contributed by atoms with Crippen molar-refractivity contribution in [2.24, 2.45) is 0 Å². The Bertz CT molecular complexity index is 539. The van der Waals surface area contributed by atoms with Crippen LogP contribution in [-0.4, -0.2) is 9.97 Å². The summed E-state index contributed by atoms with van der Waals surface area (Å²) in [4.78, 5) is 8.96. The zero-order valence-corrected chi connectivity index (χ0v) is 10.9. The molecule has 0 N–H and O–H groups in total. The van der Waals surface area contributed by atoms with E-state index in [1.165, 1.54) is 18.4 Å². The third kappa shape index (κ3) is 2.28. The Balaban J connectivity index is 1.91. The van der Waals surface area contributed by atoms with Gasteiger partial charge >= 0.3 is 0 Å². The Morgan fingerprint density at radius 2 is 1.78 bits per heavy atom. The molecule has 0 radical (unpaired) electrons. The normalized spacial score (nSPS) is 15.1. The minimum Gasteiger partial charge on any atom is -0.261 e. The fourth-order valence-electron chi connectivity index (χ4n) is 2.14. The lowest BCUT2D eigenvalue weighted by molar-refractivity contribution is 0.814. The van der Waals surface area contributed by atoms with Gasteiger partial charge in [0.15, 0.2) is 0 Å². The molecule has 1 heterocycles. The summed E-state index contributed by atoms with van der Waals surface area (Å²) in [7, 11) is 0. The van der Waals surface area contributed by atoms with Gasteiger partial charge in [0, 0.05) is 11.8 Å². The molecule has 0 spiro atoms. The van der Waals surface area contributed by atoms with Crippen molar-refractivity contribution in [3.63, 3.8) is 0 Å². The Labute approximate surface area is 108 Å². The summed E-state index contributed by atoms with van der Waals surface area (Å²) in [5, 5.41) is 0. The van der Waals surface area contributed by atoms with Crippen molar-refractivity contribution in [3.8, 4) is 11.3 Å². The summed E-state index contributed by atoms with van der Waals surface area (Å²) in [6.07, 6.45) is 6.40. The van der Waals surface area contributed by atoms with Gasteiger partial charge in [-0.05, 0) is 30.2 Å². The molecule has 2 nitrogen and oxygen atoms in total. The monoisotopic (exact) mass is 238 g/mol. The maximum absolute atomic E-state index is 4.67. The molecule has 0 saturated heterocycles. The fourth-order valence-corrected chi connectivity index (χ4v) is 2.14. The van der Waals surface area contributed by atoms with Crippen LogP contribution in [0.5, 0.6) is 0 Å². The van der Waals surface area contributed by atoms with Gasteiger partial charge in [-0.25, -0.2) is 4.98 Å². The molecule has 1 aromatic heterocycles. The number of aromatic nitrogens is 2. The number of rotatable bonds is 3. The van der Waals surface area contributed by atoms with Crippen LogP contribution in [0.1, 0.15) is 49.8 Å². The first-order valence-electron chi connectivity index (χ1n) is 6.66. The molecular weight excluding hydrogens is 220 g/mol. The topological polar surface area (TPSA) is 25.8 Å². The molecule has 0 unspecified atom stereocenters. The predicted molar refractivity (Wildman–Crippen MR) is 73.5 cm³/mol. The highest BCUT2D eigenvalue weighted by atomic mass is 14.8. The van der Waals surface area contributed by atoms with Gasteiger partial charge in [-0.3, -0.25) is 4.98 Å². The SMILES string of the molecule is CC(C)c1cncc(-c2ccc(C3CC3)cc2)n1. The highest BCUT2D eigenvalue weighted by Gasteiger charge is 2.23. The maximum atomic E-state index is 4.67. The lowest BCUT2D eigenvalue weighted by atomic mass is 10.1. The molecule has 18 heavy (non-hydrogen) atoms. The van der Waals surface area contributed by atoms with Crippen LogP contribution in [0.2, 0.25) is 0 Å². The van der Waals surface area contributed by atoms with Crippen LogP contribution >= 0.6 is 0 Å². The van der Waals surface area contributed by atoms with E-state index >= 15 is 0 Å². The van der Waals surface area contributed by atoms with Crippen LogP contribution in [0, 0.1) is 0 Å². The summed E-state index contributed by atoms with van der Waals surface area (Å²) in [6, 6.07) is 8.80. The maximum Gasteiger partial charge on any atom is 0.0888 e. The van der Waals surface area contributed by atoms with Gasteiger partial charge in [0.05, 0.1) is 17.6 Å². The fraction of sp³-hybridized carbons (Fsp3) is 0.375. The van der Waals surface area contributed by atoms with Crippen molar-refractivity contribution in [2.45, 2.75) is 38.5 Å². The quantitative estimate of drug-likeness (QED) is 0.803. The molecule has 2 heteroatoms. The molecule has 1 aliphatic carbocycles. The molecule has 0 bridgehead atoms. The molecule has 1 saturated carbocycles. The molecule has 1 fully saturated rings. The van der Waals surface area contributed by atoms with Crippen molar-refractivity contribution < 1.29 is 0 Å². The van der Waals surface area contributed by atoms with Gasteiger partial charge in [0.2, 0.25) is 0 Å². The summed E-state index contributed by atoms with van der Waals surface area (Å²) >= 11 is 0. The molecular formula is C16H18N2. The standard InChI is InChI=1S/C16H18N2/c1-11(2)15-9-17-10-16(18-15)14-7-5-13(6-8-14)12-3-4-12/h5-12H,3-4H2,1-2H3. The highest BCUT2D eigenvalue weighted by molar-refractivity contribution is 5.58. The Hall–Kier alpha value is -1.70. The first-order valence-corrected chi connectivity index (χ1v) is 6.66. The predicted octanol–water partition coefficient (Wildman–Crippen LogP) is 4.14. The van der Waals surface area contributed by atoms with Crippen LogP contribution in [0.15, 0.2) is 36.7 Å². The van der Waals surface area contributed by atoms with Crippen molar-refractivity contribution >= 4 is 0 Å². The van der Waals surface area contributed by atoms with Crippen LogP contribution < -0.4 is 0 Å². The highest BCUT2D eigenvalue weighted by Crippen LogP contribution is 2.40. The van der Waals surface area contributed by atoms with Crippen LogP contribution in [0.4, 0.5) is 0 Å². The van der Waals surface area contributed by atoms with Crippen molar-refractivity contribution in [1.82, 2.24) is 9.97 Å². The average Bonchev–Trinajstić information content (AvgIpc) is 3.23. The van der Waals surface area contributed by atoms with Crippen LogP contribution in [-0.2, 0) is 0 Å². The van der Waals surface area contributed by atoms with E-state index in [2.05, 4.69) is 48.1 Å². The van der Waals surface area contributed by atoms with Crippen molar-refractivity contribution in [2.75, 3.05) is 0 Å². The molecule has 1 aromatic carbocycles. The van der Waals surface area contributed by atoms with Gasteiger partial charge in [0.25, 0.3) is 0 Å². The second kappa shape index (κ2) is 4.52. The summed E-state index contributed by atoms with van der Waals surface area (Å²) in [5.74, 6) is 1.23. The van der Waals surface area contributed by atoms with Gasteiger partial charge < -0.3 is 0 Å². The summed E-state index contributed by atoms with van der Waals surface area (Å²) in [6.45, 7) is 4.29. The van der Waals surface area contributed by atoms with Gasteiger partial charge in [-0.15, -0.1) is 0 Å². The second-order valence-corrected chi connectivity index (χ2v) is 5.38. The minimum absolute atomic E-state index is 0.420. The molecule has 1 aliphatic rings. The third-order valence-corrected chi connectivity index (χ3v) is 3.50. The van der Waals surface area contributed by atoms with E-state index in [9.17, 15) is 0 Å². The van der Waals surface area contributed by atoms with Crippen LogP contribution in [0.25, 0.3) is 11.3 Å². The second-order valence-electron chi connectivity index (χ2n) is 5.38. The molecule has 2 aromatic rings. The van der Waals surface area contributed by atoms with Crippen LogP contribution in [0.3, 0.4) is 0 Å². The largest absolute Gasteiger partial charge is 0.261 e. The zero-order valence-electron chi connectivity index (χ0n) is 10.9.